The molecule has 3 unspecified atom stereocenters. The van der Waals surface area contributed by atoms with Crippen LogP contribution in [-0.4, -0.2) is 105 Å². The second-order valence-electron chi connectivity index (χ2n) is 8.88. The highest BCUT2D eigenvalue weighted by molar-refractivity contribution is 14.0. The van der Waals surface area contributed by atoms with Gasteiger partial charge in [0, 0.05) is 59.3 Å². The van der Waals surface area contributed by atoms with E-state index in [9.17, 15) is 4.79 Å². The van der Waals surface area contributed by atoms with Gasteiger partial charge in [-0.3, -0.25) is 9.69 Å². The molecule has 4 rings (SSSR count). The zero-order valence-corrected chi connectivity index (χ0v) is 21.4. The molecule has 1 N–H and O–H groups in total. The largest absolute Gasteiger partial charge is 0.381 e. The van der Waals surface area contributed by atoms with Crippen molar-refractivity contribution in [2.24, 2.45) is 10.9 Å². The number of nitrogens with zero attached hydrogens (tertiary/aromatic N) is 4. The standard InChI is InChI=1S/C23H35N5O3.HI/c1-26(2)22(29)13-25-23(24-12-19-8-10-30-17-19)28-15-20-21(16-28)31-11-9-27(20)14-18-6-4-3-5-7-18;/h3-7,19-21H,8-17H2,1-2H3,(H,24,25);1H. The highest BCUT2D eigenvalue weighted by Gasteiger charge is 2.41. The molecule has 178 valence electrons. The number of carbonyl (C=O) groups excluding carboxylic acids is 1. The fourth-order valence-corrected chi connectivity index (χ4v) is 4.48. The Morgan fingerprint density at radius 3 is 2.75 bits per heavy atom. The number of benzene rings is 1. The molecule has 0 radical (unpaired) electrons. The molecule has 3 saturated heterocycles. The normalized spacial score (nSPS) is 25.9. The first-order valence-corrected chi connectivity index (χ1v) is 11.3. The molecule has 3 atom stereocenters. The molecule has 3 heterocycles. The predicted octanol–water partition coefficient (Wildman–Crippen LogP) is 1.26. The zero-order chi connectivity index (χ0) is 21.6. The Morgan fingerprint density at radius 2 is 2.03 bits per heavy atom. The summed E-state index contributed by atoms with van der Waals surface area (Å²) in [5, 5.41) is 3.52. The van der Waals surface area contributed by atoms with Gasteiger partial charge in [0.15, 0.2) is 5.96 Å². The van der Waals surface area contributed by atoms with Crippen molar-refractivity contribution < 1.29 is 14.3 Å². The molecule has 1 aromatic rings. The van der Waals surface area contributed by atoms with Gasteiger partial charge in [-0.15, -0.1) is 24.0 Å². The van der Waals surface area contributed by atoms with Crippen molar-refractivity contribution in [2.75, 3.05) is 66.6 Å². The summed E-state index contributed by atoms with van der Waals surface area (Å²) in [6.45, 7) is 6.83. The van der Waals surface area contributed by atoms with Gasteiger partial charge >= 0.3 is 0 Å². The Kier molecular flexibility index (Phi) is 9.57. The second-order valence-corrected chi connectivity index (χ2v) is 8.88. The van der Waals surface area contributed by atoms with Crippen LogP contribution in [0.25, 0.3) is 0 Å². The summed E-state index contributed by atoms with van der Waals surface area (Å²) in [5.74, 6) is 1.30. The molecule has 32 heavy (non-hydrogen) atoms. The van der Waals surface area contributed by atoms with E-state index in [2.05, 4.69) is 50.4 Å². The van der Waals surface area contributed by atoms with Crippen molar-refractivity contribution >= 4 is 35.8 Å². The molecule has 0 bridgehead atoms. The topological polar surface area (TPSA) is 69.6 Å². The maximum Gasteiger partial charge on any atom is 0.243 e. The Labute approximate surface area is 208 Å². The lowest BCUT2D eigenvalue weighted by molar-refractivity contribution is -0.127. The number of amides is 1. The molecule has 1 aromatic carbocycles. The van der Waals surface area contributed by atoms with Crippen molar-refractivity contribution in [3.8, 4) is 0 Å². The predicted molar refractivity (Wildman–Crippen MR) is 135 cm³/mol. The van der Waals surface area contributed by atoms with Crippen LogP contribution in [-0.2, 0) is 20.8 Å². The first kappa shape index (κ1) is 25.2. The molecule has 0 aliphatic carbocycles. The van der Waals surface area contributed by atoms with E-state index in [4.69, 9.17) is 9.47 Å². The van der Waals surface area contributed by atoms with Crippen LogP contribution in [0, 0.1) is 5.92 Å². The Balaban J connectivity index is 0.00000289. The number of hydrogen-bond acceptors (Lipinski definition) is 5. The number of likely N-dealkylation sites (N-methyl/N-ethyl adjacent to an activating group) is 1. The zero-order valence-electron chi connectivity index (χ0n) is 19.1. The van der Waals surface area contributed by atoms with Gasteiger partial charge in [0.25, 0.3) is 0 Å². The van der Waals surface area contributed by atoms with E-state index in [1.54, 1.807) is 19.0 Å². The fraction of sp³-hybridized carbons (Fsp3) is 0.652. The number of halogens is 1. The van der Waals surface area contributed by atoms with Crippen LogP contribution in [0.5, 0.6) is 0 Å². The van der Waals surface area contributed by atoms with Gasteiger partial charge in [0.05, 0.1) is 25.4 Å². The smallest absolute Gasteiger partial charge is 0.243 e. The van der Waals surface area contributed by atoms with Crippen LogP contribution in [0.4, 0.5) is 0 Å². The molecule has 8 nitrogen and oxygen atoms in total. The van der Waals surface area contributed by atoms with Crippen molar-refractivity contribution in [1.29, 1.82) is 0 Å². The lowest BCUT2D eigenvalue weighted by Crippen LogP contribution is -2.50. The Hall–Kier alpha value is -1.43. The number of hydrogen-bond donors (Lipinski definition) is 1. The fourth-order valence-electron chi connectivity index (χ4n) is 4.48. The second kappa shape index (κ2) is 12.2. The first-order valence-electron chi connectivity index (χ1n) is 11.3. The maximum absolute atomic E-state index is 12.1. The Morgan fingerprint density at radius 1 is 1.22 bits per heavy atom. The number of likely N-dealkylation sites (tertiary alicyclic amines) is 1. The van der Waals surface area contributed by atoms with E-state index in [-0.39, 0.29) is 42.5 Å². The average molecular weight is 557 g/mol. The minimum Gasteiger partial charge on any atom is -0.381 e. The van der Waals surface area contributed by atoms with Crippen LogP contribution in [0.3, 0.4) is 0 Å². The van der Waals surface area contributed by atoms with Gasteiger partial charge in [0.1, 0.15) is 6.54 Å². The third-order valence-electron chi connectivity index (χ3n) is 6.38. The summed E-state index contributed by atoms with van der Waals surface area (Å²) < 4.78 is 11.6. The molecule has 0 spiro atoms. The summed E-state index contributed by atoms with van der Waals surface area (Å²) in [4.78, 5) is 23.2. The highest BCUT2D eigenvalue weighted by Crippen LogP contribution is 2.25. The van der Waals surface area contributed by atoms with Gasteiger partial charge in [-0.2, -0.15) is 0 Å². The maximum atomic E-state index is 12.1. The minimum absolute atomic E-state index is 0. The van der Waals surface area contributed by atoms with Crippen LogP contribution in [0.1, 0.15) is 12.0 Å². The summed E-state index contributed by atoms with van der Waals surface area (Å²) in [5.41, 5.74) is 1.33. The van der Waals surface area contributed by atoms with Gasteiger partial charge in [-0.1, -0.05) is 30.3 Å². The van der Waals surface area contributed by atoms with Gasteiger partial charge in [0.2, 0.25) is 5.91 Å². The number of morpholine rings is 1. The molecule has 0 saturated carbocycles. The van der Waals surface area contributed by atoms with E-state index in [1.807, 2.05) is 0 Å². The third kappa shape index (κ3) is 6.55. The van der Waals surface area contributed by atoms with Crippen molar-refractivity contribution in [1.82, 2.24) is 20.0 Å². The lowest BCUT2D eigenvalue weighted by Gasteiger charge is -2.36. The average Bonchev–Trinajstić information content (AvgIpc) is 3.44. The lowest BCUT2D eigenvalue weighted by atomic mass is 10.1. The molecule has 1 amide bonds. The van der Waals surface area contributed by atoms with Crippen molar-refractivity contribution in [2.45, 2.75) is 25.1 Å². The molecular formula is C23H36IN5O3. The number of rotatable bonds is 6. The summed E-state index contributed by atoms with van der Waals surface area (Å²) >= 11 is 0. The van der Waals surface area contributed by atoms with E-state index in [1.165, 1.54) is 5.56 Å². The number of fused-ring (bicyclic) bond motifs is 1. The molecular weight excluding hydrogens is 521 g/mol. The van der Waals surface area contributed by atoms with Gasteiger partial charge in [-0.25, -0.2) is 4.99 Å². The summed E-state index contributed by atoms with van der Waals surface area (Å²) in [7, 11) is 3.53. The monoisotopic (exact) mass is 557 g/mol. The van der Waals surface area contributed by atoms with E-state index in [0.29, 0.717) is 12.0 Å². The molecule has 3 fully saturated rings. The van der Waals surface area contributed by atoms with Gasteiger partial charge < -0.3 is 24.6 Å². The van der Waals surface area contributed by atoms with Crippen molar-refractivity contribution in [3.05, 3.63) is 35.9 Å². The molecule has 3 aliphatic rings. The van der Waals surface area contributed by atoms with Crippen LogP contribution >= 0.6 is 24.0 Å². The highest BCUT2D eigenvalue weighted by atomic mass is 127. The number of ether oxygens (including phenoxy) is 2. The molecule has 0 aromatic heterocycles. The van der Waals surface area contributed by atoms with E-state index >= 15 is 0 Å². The first-order chi connectivity index (χ1) is 15.1. The van der Waals surface area contributed by atoms with E-state index in [0.717, 1.165) is 64.9 Å². The molecule has 9 heteroatoms. The quantitative estimate of drug-likeness (QED) is 0.323. The number of guanidine groups is 1. The van der Waals surface area contributed by atoms with Crippen molar-refractivity contribution in [3.63, 3.8) is 0 Å². The third-order valence-corrected chi connectivity index (χ3v) is 6.38. The van der Waals surface area contributed by atoms with Crippen LogP contribution < -0.4 is 5.32 Å². The Bertz CT molecular complexity index is 757. The molecule has 3 aliphatic heterocycles. The number of nitrogens with one attached hydrogen (secondary N) is 1. The minimum atomic E-state index is 0. The number of carbonyl (C=O) groups is 1. The number of aliphatic imine (C=N–C) groups is 1. The van der Waals surface area contributed by atoms with Crippen LogP contribution in [0.15, 0.2) is 35.3 Å². The SMILES string of the molecule is CN(C)C(=O)CN=C(NCC1CCOC1)N1CC2OCCN(Cc3ccccc3)C2C1.I. The van der Waals surface area contributed by atoms with Gasteiger partial charge in [-0.05, 0) is 12.0 Å². The summed E-state index contributed by atoms with van der Waals surface area (Å²) in [6, 6.07) is 10.9. The van der Waals surface area contributed by atoms with E-state index < -0.39 is 0 Å². The van der Waals surface area contributed by atoms with Crippen LogP contribution in [0.2, 0.25) is 0 Å². The summed E-state index contributed by atoms with van der Waals surface area (Å²) in [6.07, 6.45) is 1.22.